The molecule has 0 bridgehead atoms. The number of anilines is 1. The Morgan fingerprint density at radius 1 is 1.02 bits per heavy atom. The van der Waals surface area contributed by atoms with E-state index in [-0.39, 0.29) is 24.0 Å². The standard InChI is InChI=1S/C39H46N2O9/c1-26-18-19-31(48-37(42)28-13-7-6-8-14-28)36-32(49-39(3,4)50-36)16-11-15-29-23-30(45-22-12-21-41-34-17-9-10-20-40-34)24-33(46-25-44-5)35(29)38(43)47-27(26)2/h6-11,13-15,17-20,23-24,26-27,31-32,36H,12,16,21-22,25H2,1-5H3,(H,40,41)/t26-,27?,31?,32+,36-/m1/s1. The summed E-state index contributed by atoms with van der Waals surface area (Å²) < 4.78 is 41.9. The maximum absolute atomic E-state index is 13.8. The van der Waals surface area contributed by atoms with Gasteiger partial charge in [0.2, 0.25) is 0 Å². The van der Waals surface area contributed by atoms with E-state index in [4.69, 9.17) is 33.2 Å². The van der Waals surface area contributed by atoms with Gasteiger partial charge in [0.1, 0.15) is 41.2 Å². The van der Waals surface area contributed by atoms with Gasteiger partial charge in [-0.1, -0.05) is 49.4 Å². The van der Waals surface area contributed by atoms with Gasteiger partial charge in [0.15, 0.2) is 12.6 Å². The number of benzene rings is 2. The van der Waals surface area contributed by atoms with Crippen LogP contribution in [0, 0.1) is 5.92 Å². The molecule has 266 valence electrons. The number of nitrogens with zero attached hydrogens (tertiary/aromatic N) is 1. The normalized spacial score (nSPS) is 23.1. The first-order chi connectivity index (χ1) is 24.1. The number of rotatable bonds is 11. The first kappa shape index (κ1) is 36.6. The van der Waals surface area contributed by atoms with Crippen LogP contribution in [0.4, 0.5) is 5.82 Å². The summed E-state index contributed by atoms with van der Waals surface area (Å²) in [4.78, 5) is 31.3. The molecule has 5 rings (SSSR count). The van der Waals surface area contributed by atoms with Gasteiger partial charge in [-0.15, -0.1) is 0 Å². The van der Waals surface area contributed by atoms with Crippen molar-refractivity contribution >= 4 is 23.8 Å². The summed E-state index contributed by atoms with van der Waals surface area (Å²) in [5.74, 6) is -0.630. The van der Waals surface area contributed by atoms with Crippen LogP contribution >= 0.6 is 0 Å². The number of cyclic esters (lactones) is 1. The Hall–Kier alpha value is -4.71. The first-order valence-corrected chi connectivity index (χ1v) is 16.9. The molecule has 0 spiro atoms. The smallest absolute Gasteiger partial charge is 0.342 e. The van der Waals surface area contributed by atoms with Gasteiger partial charge in [-0.25, -0.2) is 14.6 Å². The molecule has 11 nitrogen and oxygen atoms in total. The highest BCUT2D eigenvalue weighted by molar-refractivity contribution is 5.97. The highest BCUT2D eigenvalue weighted by Crippen LogP contribution is 2.36. The zero-order valence-electron chi connectivity index (χ0n) is 29.2. The van der Waals surface area contributed by atoms with Crippen molar-refractivity contribution in [1.29, 1.82) is 0 Å². The van der Waals surface area contributed by atoms with Gasteiger partial charge >= 0.3 is 11.9 Å². The van der Waals surface area contributed by atoms with Gasteiger partial charge in [0.05, 0.1) is 18.3 Å². The van der Waals surface area contributed by atoms with Crippen LogP contribution in [0.3, 0.4) is 0 Å². The fraction of sp³-hybridized carbons (Fsp3) is 0.410. The van der Waals surface area contributed by atoms with Crippen molar-refractivity contribution in [3.8, 4) is 11.5 Å². The third-order valence-corrected chi connectivity index (χ3v) is 8.30. The fourth-order valence-corrected chi connectivity index (χ4v) is 5.64. The number of carbonyl (C=O) groups is 2. The number of hydrogen-bond donors (Lipinski definition) is 1. The lowest BCUT2D eigenvalue weighted by molar-refractivity contribution is -0.152. The largest absolute Gasteiger partial charge is 0.493 e. The van der Waals surface area contributed by atoms with Gasteiger partial charge in [0, 0.05) is 31.8 Å². The molecular weight excluding hydrogens is 640 g/mol. The molecule has 1 aromatic heterocycles. The molecule has 11 heteroatoms. The van der Waals surface area contributed by atoms with Crippen molar-refractivity contribution in [1.82, 2.24) is 4.98 Å². The molecule has 50 heavy (non-hydrogen) atoms. The zero-order valence-corrected chi connectivity index (χ0v) is 29.2. The molecule has 0 amide bonds. The van der Waals surface area contributed by atoms with Crippen molar-refractivity contribution in [3.63, 3.8) is 0 Å². The Bertz CT molecular complexity index is 1630. The number of esters is 2. The van der Waals surface area contributed by atoms with E-state index in [1.54, 1.807) is 48.7 Å². The minimum absolute atomic E-state index is 0.0807. The zero-order chi connectivity index (χ0) is 35.5. The second-order valence-corrected chi connectivity index (χ2v) is 12.6. The lowest BCUT2D eigenvalue weighted by atomic mass is 9.98. The molecule has 3 heterocycles. The van der Waals surface area contributed by atoms with Crippen LogP contribution in [-0.4, -0.2) is 74.2 Å². The Kier molecular flexibility index (Phi) is 12.6. The summed E-state index contributed by atoms with van der Waals surface area (Å²) >= 11 is 0. The second kappa shape index (κ2) is 17.3. The Labute approximate surface area is 293 Å². The minimum Gasteiger partial charge on any atom is -0.493 e. The molecule has 2 aromatic carbocycles. The van der Waals surface area contributed by atoms with Crippen LogP contribution in [0.2, 0.25) is 0 Å². The molecule has 2 unspecified atom stereocenters. The predicted octanol–water partition coefficient (Wildman–Crippen LogP) is 6.85. The number of methoxy groups -OCH3 is 1. The summed E-state index contributed by atoms with van der Waals surface area (Å²) in [6.45, 7) is 8.39. The van der Waals surface area contributed by atoms with Crippen molar-refractivity contribution in [2.75, 3.05) is 32.4 Å². The summed E-state index contributed by atoms with van der Waals surface area (Å²) in [6.07, 6.45) is 7.81. The van der Waals surface area contributed by atoms with Gasteiger partial charge in [0.25, 0.3) is 0 Å². The summed E-state index contributed by atoms with van der Waals surface area (Å²) in [5.41, 5.74) is 1.22. The van der Waals surface area contributed by atoms with Crippen LogP contribution in [0.5, 0.6) is 11.5 Å². The Balaban J connectivity index is 1.43. The topological polar surface area (TPSA) is 124 Å². The third-order valence-electron chi connectivity index (χ3n) is 8.30. The summed E-state index contributed by atoms with van der Waals surface area (Å²) in [5, 5.41) is 3.27. The molecule has 1 saturated heterocycles. The minimum atomic E-state index is -0.925. The van der Waals surface area contributed by atoms with E-state index in [9.17, 15) is 9.59 Å². The molecule has 3 aromatic rings. The van der Waals surface area contributed by atoms with E-state index >= 15 is 0 Å². The number of carbonyl (C=O) groups excluding carboxylic acids is 2. The lowest BCUT2D eigenvalue weighted by Gasteiger charge is -2.25. The average Bonchev–Trinajstić information content (AvgIpc) is 3.42. The lowest BCUT2D eigenvalue weighted by Crippen LogP contribution is -2.37. The average molecular weight is 687 g/mol. The molecular formula is C39H46N2O9. The third kappa shape index (κ3) is 9.93. The van der Waals surface area contributed by atoms with Crippen LogP contribution in [-0.2, 0) is 23.7 Å². The molecule has 0 saturated carbocycles. The van der Waals surface area contributed by atoms with Gasteiger partial charge in [-0.2, -0.15) is 0 Å². The van der Waals surface area contributed by atoms with Crippen LogP contribution in [0.1, 0.15) is 66.8 Å². The number of fused-ring (bicyclic) bond motifs is 2. The molecule has 1 N–H and O–H groups in total. The van der Waals surface area contributed by atoms with Gasteiger partial charge in [-0.05, 0) is 75.6 Å². The molecule has 5 atom stereocenters. The highest BCUT2D eigenvalue weighted by atomic mass is 16.8. The number of nitrogens with one attached hydrogen (secondary N) is 1. The number of pyridine rings is 1. The number of hydrogen-bond acceptors (Lipinski definition) is 11. The maximum atomic E-state index is 13.8. The van der Waals surface area contributed by atoms with Crippen LogP contribution < -0.4 is 14.8 Å². The highest BCUT2D eigenvalue weighted by Gasteiger charge is 2.45. The predicted molar refractivity (Wildman–Crippen MR) is 188 cm³/mol. The number of aromatic nitrogens is 1. The Morgan fingerprint density at radius 3 is 2.58 bits per heavy atom. The molecule has 0 aliphatic carbocycles. The summed E-state index contributed by atoms with van der Waals surface area (Å²) in [7, 11) is 1.51. The molecule has 1 fully saturated rings. The maximum Gasteiger partial charge on any atom is 0.342 e. The number of ether oxygens (including phenoxy) is 7. The molecule has 0 radical (unpaired) electrons. The van der Waals surface area contributed by atoms with Crippen molar-refractivity contribution < 1.29 is 42.7 Å². The van der Waals surface area contributed by atoms with E-state index in [2.05, 4.69) is 10.3 Å². The van der Waals surface area contributed by atoms with Crippen LogP contribution in [0.15, 0.2) is 85.1 Å². The van der Waals surface area contributed by atoms with Crippen molar-refractivity contribution in [2.24, 2.45) is 5.92 Å². The SMILES string of the molecule is COCOc1cc(OCCCNc2ccccn2)cc2c1C(=O)OC(C)[C@H](C)C=CC(OC(=O)c1ccccc1)[C@H]1OC(C)(C)O[C@H]1CC=C2. The van der Waals surface area contributed by atoms with Crippen molar-refractivity contribution in [2.45, 2.75) is 70.7 Å². The fourth-order valence-electron chi connectivity index (χ4n) is 5.64. The van der Waals surface area contributed by atoms with Crippen LogP contribution in [0.25, 0.3) is 6.08 Å². The van der Waals surface area contributed by atoms with E-state index in [0.717, 1.165) is 5.82 Å². The first-order valence-electron chi connectivity index (χ1n) is 16.9. The van der Waals surface area contributed by atoms with Crippen molar-refractivity contribution in [3.05, 3.63) is 102 Å². The Morgan fingerprint density at radius 2 is 1.82 bits per heavy atom. The quantitative estimate of drug-likeness (QED) is 0.0987. The van der Waals surface area contributed by atoms with Gasteiger partial charge in [-0.3, -0.25) is 0 Å². The summed E-state index contributed by atoms with van der Waals surface area (Å²) in [6, 6.07) is 18.0. The van der Waals surface area contributed by atoms with E-state index in [1.807, 2.05) is 70.2 Å². The van der Waals surface area contributed by atoms with Gasteiger partial charge < -0.3 is 38.5 Å². The monoisotopic (exact) mass is 686 g/mol. The van der Waals surface area contributed by atoms with E-state index in [0.29, 0.717) is 42.9 Å². The van der Waals surface area contributed by atoms with E-state index in [1.165, 1.54) is 7.11 Å². The van der Waals surface area contributed by atoms with E-state index < -0.39 is 42.1 Å². The molecule has 2 aliphatic heterocycles. The second-order valence-electron chi connectivity index (χ2n) is 12.6. The molecule has 2 aliphatic rings.